The van der Waals surface area contributed by atoms with Crippen LogP contribution in [0.3, 0.4) is 0 Å². The van der Waals surface area contributed by atoms with Crippen LogP contribution in [0.2, 0.25) is 10.0 Å². The molecule has 2 heterocycles. The molecule has 3 N–H and O–H groups in total. The second-order valence-electron chi connectivity index (χ2n) is 6.18. The number of aromatic nitrogens is 1. The minimum absolute atomic E-state index is 0. The van der Waals surface area contributed by atoms with Gasteiger partial charge in [-0.1, -0.05) is 29.3 Å². The number of nitrogens with two attached hydrogens (primary N) is 1. The van der Waals surface area contributed by atoms with Gasteiger partial charge in [-0.3, -0.25) is 9.59 Å². The first-order valence-corrected chi connectivity index (χ1v) is 9.02. The summed E-state index contributed by atoms with van der Waals surface area (Å²) in [5.74, 6) is -0.235. The highest BCUT2D eigenvalue weighted by Crippen LogP contribution is 2.23. The number of halogens is 3. The smallest absolute Gasteiger partial charge is 0.253 e. The summed E-state index contributed by atoms with van der Waals surface area (Å²) in [7, 11) is 0. The van der Waals surface area contributed by atoms with E-state index in [1.807, 2.05) is 0 Å². The van der Waals surface area contributed by atoms with Gasteiger partial charge >= 0.3 is 0 Å². The number of amides is 1. The van der Waals surface area contributed by atoms with E-state index in [-0.39, 0.29) is 30.0 Å². The van der Waals surface area contributed by atoms with Gasteiger partial charge in [0.25, 0.3) is 11.5 Å². The molecule has 1 saturated heterocycles. The van der Waals surface area contributed by atoms with Gasteiger partial charge in [0, 0.05) is 18.8 Å². The Morgan fingerprint density at radius 3 is 2.67 bits per heavy atom. The third-order valence-electron chi connectivity index (χ3n) is 4.25. The summed E-state index contributed by atoms with van der Waals surface area (Å²) >= 11 is 11.9. The Kier molecular flexibility index (Phi) is 7.70. The van der Waals surface area contributed by atoms with E-state index in [9.17, 15) is 9.59 Å². The highest BCUT2D eigenvalue weighted by Gasteiger charge is 2.29. The number of carbonyl (C=O) groups excluding carboxylic acids is 1. The van der Waals surface area contributed by atoms with Crippen molar-refractivity contribution >= 4 is 47.2 Å². The summed E-state index contributed by atoms with van der Waals surface area (Å²) in [5, 5.41) is 3.67. The quantitative estimate of drug-likeness (QED) is 0.760. The van der Waals surface area contributed by atoms with Gasteiger partial charge in [0.15, 0.2) is 0 Å². The number of ether oxygens (including phenoxy) is 1. The zero-order chi connectivity index (χ0) is 18.7. The molecule has 1 aromatic carbocycles. The van der Waals surface area contributed by atoms with Crippen LogP contribution in [0.15, 0.2) is 41.3 Å². The zero-order valence-corrected chi connectivity index (χ0v) is 16.7. The molecule has 3 rings (SSSR count). The Hall–Kier alpha value is -1.57. The Labute approximate surface area is 173 Å². The molecular weight excluding hydrogens is 413 g/mol. The average Bonchev–Trinajstić information content (AvgIpc) is 3.10. The van der Waals surface area contributed by atoms with Crippen LogP contribution in [0.25, 0.3) is 0 Å². The fourth-order valence-electron chi connectivity index (χ4n) is 2.86. The van der Waals surface area contributed by atoms with E-state index < -0.39 is 6.10 Å². The molecule has 0 radical (unpaired) electrons. The van der Waals surface area contributed by atoms with Crippen LogP contribution >= 0.6 is 35.6 Å². The zero-order valence-electron chi connectivity index (χ0n) is 14.4. The van der Waals surface area contributed by atoms with E-state index in [1.54, 1.807) is 30.5 Å². The van der Waals surface area contributed by atoms with Gasteiger partial charge in [0.2, 0.25) is 0 Å². The highest BCUT2D eigenvalue weighted by atomic mass is 35.5. The maximum absolute atomic E-state index is 12.3. The van der Waals surface area contributed by atoms with Gasteiger partial charge in [0.05, 0.1) is 28.4 Å². The van der Waals surface area contributed by atoms with Crippen LogP contribution in [0, 0.1) is 0 Å². The number of rotatable bonds is 5. The number of hydrogen-bond acceptors (Lipinski definition) is 4. The van der Waals surface area contributed by atoms with E-state index in [4.69, 9.17) is 33.7 Å². The lowest BCUT2D eigenvalue weighted by atomic mass is 10.2. The summed E-state index contributed by atoms with van der Waals surface area (Å²) in [6.45, 7) is 0.715. The van der Waals surface area contributed by atoms with Crippen LogP contribution in [0.4, 0.5) is 5.69 Å². The van der Waals surface area contributed by atoms with Crippen molar-refractivity contribution in [2.45, 2.75) is 31.6 Å². The molecular formula is C18H20Cl3N3O3. The van der Waals surface area contributed by atoms with Gasteiger partial charge in [-0.25, -0.2) is 0 Å². The second kappa shape index (κ2) is 9.57. The van der Waals surface area contributed by atoms with Gasteiger partial charge < -0.3 is 20.4 Å². The lowest BCUT2D eigenvalue weighted by Crippen LogP contribution is -2.30. The predicted molar refractivity (Wildman–Crippen MR) is 109 cm³/mol. The molecule has 0 aliphatic carbocycles. The van der Waals surface area contributed by atoms with E-state index in [2.05, 4.69) is 5.32 Å². The van der Waals surface area contributed by atoms with E-state index in [0.717, 1.165) is 12.0 Å². The standard InChI is InChI=1S/C18H19Cl2N3O3.ClH/c19-14-4-1-11(7-15(14)20)9-23-10-12(2-6-17(23)24)22-18(25)16-5-3-13(8-21)26-16;/h1-2,4,6-7,10,13,16H,3,5,8-9,21H2,(H,22,25);1H/t13-,16+;/m1./s1. The molecule has 2 aromatic rings. The van der Waals surface area contributed by atoms with Crippen molar-refractivity contribution in [3.8, 4) is 0 Å². The minimum Gasteiger partial charge on any atom is -0.364 e. The summed E-state index contributed by atoms with van der Waals surface area (Å²) in [4.78, 5) is 24.4. The molecule has 1 fully saturated rings. The predicted octanol–water partition coefficient (Wildman–Crippen LogP) is 3.07. The Balaban J connectivity index is 0.00000261. The number of carbonyl (C=O) groups is 1. The lowest BCUT2D eigenvalue weighted by Gasteiger charge is -2.14. The molecule has 9 heteroatoms. The minimum atomic E-state index is -0.515. The topological polar surface area (TPSA) is 86.4 Å². The first kappa shape index (κ1) is 21.7. The van der Waals surface area contributed by atoms with E-state index in [1.165, 1.54) is 10.6 Å². The van der Waals surface area contributed by atoms with E-state index >= 15 is 0 Å². The van der Waals surface area contributed by atoms with Crippen LogP contribution in [0.5, 0.6) is 0 Å². The molecule has 0 saturated carbocycles. The van der Waals surface area contributed by atoms with Gasteiger partial charge in [-0.15, -0.1) is 12.4 Å². The van der Waals surface area contributed by atoms with Gasteiger partial charge in [-0.2, -0.15) is 0 Å². The van der Waals surface area contributed by atoms with Gasteiger partial charge in [-0.05, 0) is 36.6 Å². The molecule has 0 unspecified atom stereocenters. The van der Waals surface area contributed by atoms with Crippen molar-refractivity contribution in [3.63, 3.8) is 0 Å². The normalized spacial score (nSPS) is 18.8. The Morgan fingerprint density at radius 2 is 2.00 bits per heavy atom. The highest BCUT2D eigenvalue weighted by molar-refractivity contribution is 6.42. The van der Waals surface area contributed by atoms with Crippen molar-refractivity contribution in [1.82, 2.24) is 4.57 Å². The fraction of sp³-hybridized carbons (Fsp3) is 0.333. The molecule has 146 valence electrons. The third kappa shape index (κ3) is 5.46. The van der Waals surface area contributed by atoms with Crippen molar-refractivity contribution in [2.75, 3.05) is 11.9 Å². The second-order valence-corrected chi connectivity index (χ2v) is 7.00. The maximum Gasteiger partial charge on any atom is 0.253 e. The Morgan fingerprint density at radius 1 is 1.22 bits per heavy atom. The molecule has 27 heavy (non-hydrogen) atoms. The molecule has 6 nitrogen and oxygen atoms in total. The lowest BCUT2D eigenvalue weighted by molar-refractivity contribution is -0.126. The maximum atomic E-state index is 12.3. The molecule has 1 aliphatic rings. The summed E-state index contributed by atoms with van der Waals surface area (Å²) in [5.41, 5.74) is 6.73. The Bertz CT molecular complexity index is 872. The molecule has 1 aliphatic heterocycles. The van der Waals surface area contributed by atoms with Crippen LogP contribution in [0.1, 0.15) is 18.4 Å². The summed E-state index contributed by atoms with van der Waals surface area (Å²) in [6, 6.07) is 8.17. The first-order valence-electron chi connectivity index (χ1n) is 8.27. The fourth-order valence-corrected chi connectivity index (χ4v) is 3.18. The number of nitrogens with zero attached hydrogens (tertiary/aromatic N) is 1. The SMILES string of the molecule is Cl.NC[C@H]1CC[C@@H](C(=O)Nc2ccc(=O)n(Cc3ccc(Cl)c(Cl)c3)c2)O1. The third-order valence-corrected chi connectivity index (χ3v) is 4.99. The number of benzene rings is 1. The number of anilines is 1. The number of pyridine rings is 1. The van der Waals surface area contributed by atoms with Crippen LogP contribution in [-0.2, 0) is 16.1 Å². The summed E-state index contributed by atoms with van der Waals surface area (Å²) < 4.78 is 7.08. The van der Waals surface area contributed by atoms with Crippen molar-refractivity contribution < 1.29 is 9.53 Å². The molecule has 2 atom stereocenters. The molecule has 0 spiro atoms. The molecule has 0 bridgehead atoms. The first-order chi connectivity index (χ1) is 12.5. The van der Waals surface area contributed by atoms with Crippen molar-refractivity contribution in [3.05, 3.63) is 62.5 Å². The monoisotopic (exact) mass is 431 g/mol. The van der Waals surface area contributed by atoms with Crippen molar-refractivity contribution in [1.29, 1.82) is 0 Å². The van der Waals surface area contributed by atoms with Crippen molar-refractivity contribution in [2.24, 2.45) is 5.73 Å². The largest absolute Gasteiger partial charge is 0.364 e. The average molecular weight is 433 g/mol. The van der Waals surface area contributed by atoms with Crippen LogP contribution < -0.4 is 16.6 Å². The number of nitrogens with one attached hydrogen (secondary N) is 1. The van der Waals surface area contributed by atoms with E-state index in [0.29, 0.717) is 35.2 Å². The molecule has 1 amide bonds. The number of hydrogen-bond donors (Lipinski definition) is 2. The van der Waals surface area contributed by atoms with Gasteiger partial charge in [0.1, 0.15) is 6.10 Å². The van der Waals surface area contributed by atoms with Crippen LogP contribution in [-0.4, -0.2) is 29.2 Å². The molecule has 1 aromatic heterocycles. The summed E-state index contributed by atoms with van der Waals surface area (Å²) in [6.07, 6.45) is 2.41.